The maximum atomic E-state index is 13.4. The van der Waals surface area contributed by atoms with E-state index in [9.17, 15) is 4.39 Å². The molecule has 1 fully saturated rings. The molecule has 1 saturated heterocycles. The summed E-state index contributed by atoms with van der Waals surface area (Å²) in [4.78, 5) is 7.27. The highest BCUT2D eigenvalue weighted by molar-refractivity contribution is 5.79. The van der Waals surface area contributed by atoms with Gasteiger partial charge in [0.05, 0.1) is 25.8 Å². The minimum atomic E-state index is -0.209. The molecule has 0 aromatic heterocycles. The van der Waals surface area contributed by atoms with Gasteiger partial charge in [0.15, 0.2) is 5.96 Å². The van der Waals surface area contributed by atoms with Gasteiger partial charge in [-0.2, -0.15) is 0 Å². The third-order valence-electron chi connectivity index (χ3n) is 5.98. The molecule has 2 unspecified atom stereocenters. The van der Waals surface area contributed by atoms with Crippen LogP contribution in [0.2, 0.25) is 0 Å². The lowest BCUT2D eigenvalue weighted by molar-refractivity contribution is 0.0179. The van der Waals surface area contributed by atoms with Gasteiger partial charge in [0.2, 0.25) is 0 Å². The van der Waals surface area contributed by atoms with Crippen LogP contribution in [0, 0.1) is 5.82 Å². The normalized spacial score (nSPS) is 20.2. The molecule has 2 aromatic carbocycles. The van der Waals surface area contributed by atoms with E-state index in [2.05, 4.69) is 46.7 Å². The fraction of sp³-hybridized carbons (Fsp3) is 0.458. The van der Waals surface area contributed by atoms with Crippen molar-refractivity contribution in [3.63, 3.8) is 0 Å². The summed E-state index contributed by atoms with van der Waals surface area (Å²) in [7, 11) is 0. The van der Waals surface area contributed by atoms with Crippen molar-refractivity contribution in [2.24, 2.45) is 4.99 Å². The van der Waals surface area contributed by atoms with Crippen molar-refractivity contribution in [2.75, 3.05) is 45.9 Å². The number of ether oxygens (including phenoxy) is 1. The van der Waals surface area contributed by atoms with Crippen molar-refractivity contribution in [2.45, 2.75) is 25.3 Å². The molecule has 0 radical (unpaired) electrons. The summed E-state index contributed by atoms with van der Waals surface area (Å²) in [6.07, 6.45) is 1.12. The Morgan fingerprint density at radius 2 is 1.90 bits per heavy atom. The first-order chi connectivity index (χ1) is 14.7. The van der Waals surface area contributed by atoms with Gasteiger partial charge in [0.25, 0.3) is 0 Å². The Kier molecular flexibility index (Phi) is 6.97. The van der Waals surface area contributed by atoms with Gasteiger partial charge in [-0.3, -0.25) is 9.89 Å². The number of nitrogens with one attached hydrogen (secondary N) is 2. The van der Waals surface area contributed by atoms with Crippen molar-refractivity contribution < 1.29 is 9.13 Å². The smallest absolute Gasteiger partial charge is 0.191 e. The van der Waals surface area contributed by atoms with Crippen molar-refractivity contribution >= 4 is 5.96 Å². The van der Waals surface area contributed by atoms with Crippen LogP contribution >= 0.6 is 0 Å². The quantitative estimate of drug-likeness (QED) is 0.544. The Hall–Kier alpha value is -2.44. The molecular formula is C24H31FN4O. The van der Waals surface area contributed by atoms with Gasteiger partial charge in [-0.15, -0.1) is 0 Å². The number of halogens is 1. The third-order valence-corrected chi connectivity index (χ3v) is 5.98. The molecule has 2 aromatic rings. The predicted octanol–water partition coefficient (Wildman–Crippen LogP) is 3.09. The number of rotatable bonds is 7. The second-order valence-corrected chi connectivity index (χ2v) is 7.92. The molecule has 0 bridgehead atoms. The number of fused-ring (bicyclic) bond motifs is 1. The van der Waals surface area contributed by atoms with Crippen LogP contribution in [-0.4, -0.2) is 56.8 Å². The van der Waals surface area contributed by atoms with Crippen molar-refractivity contribution in [1.29, 1.82) is 0 Å². The van der Waals surface area contributed by atoms with Crippen LogP contribution < -0.4 is 10.6 Å². The summed E-state index contributed by atoms with van der Waals surface area (Å²) in [6.45, 7) is 7.55. The number of guanidine groups is 1. The van der Waals surface area contributed by atoms with Crippen LogP contribution in [0.4, 0.5) is 4.39 Å². The number of hydrogen-bond donors (Lipinski definition) is 2. The first-order valence-electron chi connectivity index (χ1n) is 10.9. The fourth-order valence-electron chi connectivity index (χ4n) is 4.29. The van der Waals surface area contributed by atoms with Crippen LogP contribution in [0.5, 0.6) is 0 Å². The van der Waals surface area contributed by atoms with Gasteiger partial charge in [-0.05, 0) is 42.2 Å². The summed E-state index contributed by atoms with van der Waals surface area (Å²) >= 11 is 0. The first kappa shape index (κ1) is 20.8. The maximum absolute atomic E-state index is 13.4. The van der Waals surface area contributed by atoms with Crippen molar-refractivity contribution in [1.82, 2.24) is 15.5 Å². The Morgan fingerprint density at radius 1 is 1.13 bits per heavy atom. The molecule has 1 heterocycles. The topological polar surface area (TPSA) is 48.9 Å². The molecule has 30 heavy (non-hydrogen) atoms. The zero-order valence-electron chi connectivity index (χ0n) is 17.6. The second-order valence-electron chi connectivity index (χ2n) is 7.92. The molecule has 2 atom stereocenters. The molecule has 5 nitrogen and oxygen atoms in total. The molecule has 1 aliphatic carbocycles. The Balaban J connectivity index is 1.43. The van der Waals surface area contributed by atoms with E-state index in [0.717, 1.165) is 57.3 Å². The van der Waals surface area contributed by atoms with E-state index in [1.807, 2.05) is 12.1 Å². The van der Waals surface area contributed by atoms with E-state index in [0.29, 0.717) is 12.5 Å². The van der Waals surface area contributed by atoms with Crippen LogP contribution in [-0.2, 0) is 11.2 Å². The summed E-state index contributed by atoms with van der Waals surface area (Å²) < 4.78 is 19.0. The lowest BCUT2D eigenvalue weighted by Gasteiger charge is -2.34. The highest BCUT2D eigenvalue weighted by atomic mass is 19.1. The second kappa shape index (κ2) is 10.0. The molecule has 1 aliphatic heterocycles. The lowest BCUT2D eigenvalue weighted by Crippen LogP contribution is -2.43. The van der Waals surface area contributed by atoms with Crippen molar-refractivity contribution in [3.05, 3.63) is 71.0 Å². The van der Waals surface area contributed by atoms with Gasteiger partial charge in [-0.1, -0.05) is 36.4 Å². The van der Waals surface area contributed by atoms with Crippen LogP contribution in [0.15, 0.2) is 53.5 Å². The highest BCUT2D eigenvalue weighted by Gasteiger charge is 2.26. The number of benzene rings is 2. The molecular weight excluding hydrogens is 379 g/mol. The van der Waals surface area contributed by atoms with E-state index in [1.165, 1.54) is 23.3 Å². The van der Waals surface area contributed by atoms with E-state index in [4.69, 9.17) is 9.73 Å². The van der Waals surface area contributed by atoms with E-state index in [1.54, 1.807) is 0 Å². The minimum absolute atomic E-state index is 0.106. The molecule has 2 aliphatic rings. The molecule has 6 heteroatoms. The zero-order valence-corrected chi connectivity index (χ0v) is 17.6. The van der Waals surface area contributed by atoms with Crippen molar-refractivity contribution in [3.8, 4) is 0 Å². The first-order valence-corrected chi connectivity index (χ1v) is 10.9. The Bertz CT molecular complexity index is 849. The molecule has 0 saturated carbocycles. The number of aliphatic imine (C=N–C) groups is 1. The Morgan fingerprint density at radius 3 is 2.63 bits per heavy atom. The van der Waals surface area contributed by atoms with Gasteiger partial charge >= 0.3 is 0 Å². The molecule has 0 amide bonds. The molecule has 160 valence electrons. The third kappa shape index (κ3) is 4.99. The number of morpholine rings is 1. The van der Waals surface area contributed by atoms with Gasteiger partial charge in [-0.25, -0.2) is 4.39 Å². The van der Waals surface area contributed by atoms with Crippen LogP contribution in [0.1, 0.15) is 35.6 Å². The average Bonchev–Trinajstić information content (AvgIpc) is 2.76. The molecule has 2 N–H and O–H groups in total. The fourth-order valence-corrected chi connectivity index (χ4v) is 4.29. The summed E-state index contributed by atoms with van der Waals surface area (Å²) in [5.74, 6) is 1.17. The average molecular weight is 411 g/mol. The van der Waals surface area contributed by atoms with E-state index in [-0.39, 0.29) is 11.9 Å². The zero-order chi connectivity index (χ0) is 20.8. The van der Waals surface area contributed by atoms with Crippen LogP contribution in [0.3, 0.4) is 0 Å². The van der Waals surface area contributed by atoms with E-state index < -0.39 is 0 Å². The maximum Gasteiger partial charge on any atom is 0.191 e. The molecule has 4 rings (SSSR count). The standard InChI is InChI=1S/C24H31FN4O/c1-2-26-24(27-16-20-15-19-5-3-4-6-22(19)20)28-17-23(29-11-13-30-14-12-29)18-7-9-21(25)10-8-18/h3-10,20,23H,2,11-17H2,1H3,(H2,26,27,28). The van der Waals surface area contributed by atoms with Gasteiger partial charge in [0, 0.05) is 32.1 Å². The highest BCUT2D eigenvalue weighted by Crippen LogP contribution is 2.34. The number of hydrogen-bond acceptors (Lipinski definition) is 3. The van der Waals surface area contributed by atoms with Gasteiger partial charge in [0.1, 0.15) is 5.82 Å². The molecule has 0 spiro atoms. The number of nitrogens with zero attached hydrogens (tertiary/aromatic N) is 2. The SMILES string of the molecule is CCNC(=NCC(c1ccc(F)cc1)N1CCOCC1)NCC1Cc2ccccc21. The lowest BCUT2D eigenvalue weighted by atomic mass is 9.78. The largest absolute Gasteiger partial charge is 0.379 e. The van der Waals surface area contributed by atoms with Gasteiger partial charge < -0.3 is 15.4 Å². The van der Waals surface area contributed by atoms with Crippen LogP contribution in [0.25, 0.3) is 0 Å². The summed E-state index contributed by atoms with van der Waals surface area (Å²) in [6, 6.07) is 15.6. The van der Waals surface area contributed by atoms with E-state index >= 15 is 0 Å². The Labute approximate surface area is 178 Å². The minimum Gasteiger partial charge on any atom is -0.379 e. The predicted molar refractivity (Wildman–Crippen MR) is 118 cm³/mol. The summed E-state index contributed by atoms with van der Waals surface area (Å²) in [5, 5.41) is 6.88. The monoisotopic (exact) mass is 410 g/mol. The summed E-state index contributed by atoms with van der Waals surface area (Å²) in [5.41, 5.74) is 3.99.